The van der Waals surface area contributed by atoms with E-state index in [1.807, 2.05) is 0 Å². The number of hydrogen-bond donors (Lipinski definition) is 1. The first kappa shape index (κ1) is 15.9. The molecule has 3 rings (SSSR count). The molecule has 6 heteroatoms. The van der Waals surface area contributed by atoms with E-state index >= 15 is 0 Å². The van der Waals surface area contributed by atoms with Crippen LogP contribution in [-0.2, 0) is 9.59 Å². The molecule has 0 aromatic heterocycles. The maximum absolute atomic E-state index is 13.8. The standard InChI is InChI=1S/C17H19F2NO3/c1-9(17(22)23)8-20(10-5-6-10)16(21)13-7-12(13)11-3-2-4-14(18)15(11)19/h2-4,9-10,12-13H,5-8H2,1H3,(H,22,23). The van der Waals surface area contributed by atoms with Gasteiger partial charge >= 0.3 is 5.97 Å². The summed E-state index contributed by atoms with van der Waals surface area (Å²) in [4.78, 5) is 25.3. The normalized spacial score (nSPS) is 24.1. The predicted molar refractivity (Wildman–Crippen MR) is 78.7 cm³/mol. The lowest BCUT2D eigenvalue weighted by atomic mass is 10.1. The number of carboxylic acids is 1. The lowest BCUT2D eigenvalue weighted by molar-refractivity contribution is -0.143. The molecule has 0 saturated heterocycles. The molecule has 2 fully saturated rings. The van der Waals surface area contributed by atoms with E-state index in [0.717, 1.165) is 18.9 Å². The second kappa shape index (κ2) is 5.91. The molecular formula is C17H19F2NO3. The van der Waals surface area contributed by atoms with Gasteiger partial charge in [0, 0.05) is 18.5 Å². The SMILES string of the molecule is CC(CN(C(=O)C1CC1c1cccc(F)c1F)C1CC1)C(=O)O. The second-order valence-electron chi connectivity index (χ2n) is 6.55. The first-order chi connectivity index (χ1) is 10.9. The molecule has 2 saturated carbocycles. The summed E-state index contributed by atoms with van der Waals surface area (Å²) < 4.78 is 27.2. The zero-order chi connectivity index (χ0) is 16.7. The maximum atomic E-state index is 13.8. The number of nitrogens with zero attached hydrogens (tertiary/aromatic N) is 1. The fourth-order valence-electron chi connectivity index (χ4n) is 3.01. The van der Waals surface area contributed by atoms with Crippen LogP contribution in [-0.4, -0.2) is 34.5 Å². The highest BCUT2D eigenvalue weighted by Gasteiger charge is 2.49. The Hall–Kier alpha value is -1.98. The van der Waals surface area contributed by atoms with Gasteiger partial charge in [0.15, 0.2) is 11.6 Å². The summed E-state index contributed by atoms with van der Waals surface area (Å²) in [5, 5.41) is 9.04. The van der Waals surface area contributed by atoms with Crippen LogP contribution < -0.4 is 0 Å². The van der Waals surface area contributed by atoms with Gasteiger partial charge in [0.1, 0.15) is 0 Å². The van der Waals surface area contributed by atoms with Crippen LogP contribution in [0, 0.1) is 23.5 Å². The third-order valence-corrected chi connectivity index (χ3v) is 4.65. The largest absolute Gasteiger partial charge is 0.481 e. The quantitative estimate of drug-likeness (QED) is 0.876. The molecule has 3 unspecified atom stereocenters. The smallest absolute Gasteiger partial charge is 0.308 e. The highest BCUT2D eigenvalue weighted by molar-refractivity contribution is 5.84. The summed E-state index contributed by atoms with van der Waals surface area (Å²) >= 11 is 0. The molecule has 0 spiro atoms. The monoisotopic (exact) mass is 323 g/mol. The van der Waals surface area contributed by atoms with Crippen molar-refractivity contribution in [2.24, 2.45) is 11.8 Å². The topological polar surface area (TPSA) is 57.6 Å². The van der Waals surface area contributed by atoms with Crippen LogP contribution in [0.25, 0.3) is 0 Å². The van der Waals surface area contributed by atoms with Crippen LogP contribution in [0.1, 0.15) is 37.7 Å². The van der Waals surface area contributed by atoms with Gasteiger partial charge in [-0.25, -0.2) is 8.78 Å². The molecule has 0 radical (unpaired) electrons. The lowest BCUT2D eigenvalue weighted by Crippen LogP contribution is -2.39. The molecular weight excluding hydrogens is 304 g/mol. The molecule has 0 aliphatic heterocycles. The Bertz CT molecular complexity index is 645. The van der Waals surface area contributed by atoms with Gasteiger partial charge in [0.2, 0.25) is 5.91 Å². The second-order valence-corrected chi connectivity index (χ2v) is 6.55. The molecule has 4 nitrogen and oxygen atoms in total. The Balaban J connectivity index is 1.70. The Morgan fingerprint density at radius 2 is 2.04 bits per heavy atom. The van der Waals surface area contributed by atoms with E-state index in [2.05, 4.69) is 0 Å². The van der Waals surface area contributed by atoms with Crippen molar-refractivity contribution in [1.82, 2.24) is 4.90 Å². The maximum Gasteiger partial charge on any atom is 0.308 e. The fourth-order valence-corrected chi connectivity index (χ4v) is 3.01. The van der Waals surface area contributed by atoms with Crippen LogP contribution in [0.4, 0.5) is 8.78 Å². The van der Waals surface area contributed by atoms with Gasteiger partial charge in [-0.05, 0) is 36.8 Å². The van der Waals surface area contributed by atoms with E-state index in [4.69, 9.17) is 5.11 Å². The highest BCUT2D eigenvalue weighted by atomic mass is 19.2. The van der Waals surface area contributed by atoms with E-state index in [9.17, 15) is 18.4 Å². The van der Waals surface area contributed by atoms with Crippen molar-refractivity contribution < 1.29 is 23.5 Å². The summed E-state index contributed by atoms with van der Waals surface area (Å²) in [7, 11) is 0. The lowest BCUT2D eigenvalue weighted by Gasteiger charge is -2.24. The van der Waals surface area contributed by atoms with Crippen LogP contribution in [0.15, 0.2) is 18.2 Å². The van der Waals surface area contributed by atoms with Gasteiger partial charge in [-0.3, -0.25) is 9.59 Å². The van der Waals surface area contributed by atoms with Gasteiger partial charge in [0.25, 0.3) is 0 Å². The number of hydrogen-bond acceptors (Lipinski definition) is 2. The number of carbonyl (C=O) groups is 2. The van der Waals surface area contributed by atoms with Gasteiger partial charge in [0.05, 0.1) is 5.92 Å². The molecule has 1 aromatic carbocycles. The van der Waals surface area contributed by atoms with Crippen LogP contribution in [0.5, 0.6) is 0 Å². The number of amides is 1. The zero-order valence-corrected chi connectivity index (χ0v) is 12.8. The van der Waals surface area contributed by atoms with E-state index in [1.165, 1.54) is 12.1 Å². The minimum Gasteiger partial charge on any atom is -0.481 e. The van der Waals surface area contributed by atoms with Gasteiger partial charge in [-0.1, -0.05) is 19.1 Å². The average molecular weight is 323 g/mol. The minimum atomic E-state index is -0.938. The number of carboxylic acid groups (broad SMARTS) is 1. The number of aliphatic carboxylic acids is 1. The first-order valence-corrected chi connectivity index (χ1v) is 7.87. The van der Waals surface area contributed by atoms with E-state index in [0.29, 0.717) is 6.42 Å². The Kier molecular flexibility index (Phi) is 4.08. The van der Waals surface area contributed by atoms with Crippen molar-refractivity contribution in [1.29, 1.82) is 0 Å². The van der Waals surface area contributed by atoms with E-state index in [1.54, 1.807) is 11.8 Å². The summed E-state index contributed by atoms with van der Waals surface area (Å²) in [5.41, 5.74) is 0.241. The molecule has 2 aliphatic carbocycles. The predicted octanol–water partition coefficient (Wildman–Crippen LogP) is 2.78. The van der Waals surface area contributed by atoms with Crippen LogP contribution in [0.2, 0.25) is 0 Å². The average Bonchev–Trinajstić information content (AvgIpc) is 3.38. The van der Waals surface area contributed by atoms with Crippen LogP contribution in [0.3, 0.4) is 0 Å². The third-order valence-electron chi connectivity index (χ3n) is 4.65. The molecule has 1 amide bonds. The number of benzene rings is 1. The Morgan fingerprint density at radius 3 is 2.65 bits per heavy atom. The van der Waals surface area contributed by atoms with Gasteiger partial charge in [-0.15, -0.1) is 0 Å². The fraction of sp³-hybridized carbons (Fsp3) is 0.529. The van der Waals surface area contributed by atoms with Crippen molar-refractivity contribution in [2.45, 2.75) is 38.1 Å². The van der Waals surface area contributed by atoms with Crippen molar-refractivity contribution >= 4 is 11.9 Å². The van der Waals surface area contributed by atoms with Crippen molar-refractivity contribution in [3.05, 3.63) is 35.4 Å². The third kappa shape index (κ3) is 3.21. The van der Waals surface area contributed by atoms with Crippen molar-refractivity contribution in [3.63, 3.8) is 0 Å². The van der Waals surface area contributed by atoms with E-state index in [-0.39, 0.29) is 35.9 Å². The molecule has 0 heterocycles. The van der Waals surface area contributed by atoms with Crippen LogP contribution >= 0.6 is 0 Å². The molecule has 1 N–H and O–H groups in total. The zero-order valence-electron chi connectivity index (χ0n) is 12.8. The molecule has 3 atom stereocenters. The number of rotatable bonds is 6. The molecule has 0 bridgehead atoms. The summed E-state index contributed by atoms with van der Waals surface area (Å²) in [6.07, 6.45) is 2.25. The summed E-state index contributed by atoms with van der Waals surface area (Å²) in [6.45, 7) is 1.75. The van der Waals surface area contributed by atoms with Crippen molar-refractivity contribution in [3.8, 4) is 0 Å². The van der Waals surface area contributed by atoms with E-state index < -0.39 is 23.5 Å². The molecule has 124 valence electrons. The summed E-state index contributed by atoms with van der Waals surface area (Å²) in [5.74, 6) is -4.17. The summed E-state index contributed by atoms with van der Waals surface area (Å²) in [6, 6.07) is 4.11. The van der Waals surface area contributed by atoms with Gasteiger partial charge < -0.3 is 10.0 Å². The molecule has 1 aromatic rings. The number of halogens is 2. The van der Waals surface area contributed by atoms with Gasteiger partial charge in [-0.2, -0.15) is 0 Å². The molecule has 2 aliphatic rings. The van der Waals surface area contributed by atoms with Crippen molar-refractivity contribution in [2.75, 3.05) is 6.54 Å². The minimum absolute atomic E-state index is 0.0999. The number of carbonyl (C=O) groups excluding carboxylic acids is 1. The Morgan fingerprint density at radius 1 is 1.35 bits per heavy atom. The first-order valence-electron chi connectivity index (χ1n) is 7.87. The molecule has 23 heavy (non-hydrogen) atoms. The highest BCUT2D eigenvalue weighted by Crippen LogP contribution is 2.50. The Labute approximate surface area is 133 Å².